The van der Waals surface area contributed by atoms with Gasteiger partial charge in [-0.2, -0.15) is 36.4 Å². The van der Waals surface area contributed by atoms with Crippen LogP contribution < -0.4 is 0 Å². The Kier molecular flexibility index (Phi) is 12.9. The van der Waals surface area contributed by atoms with E-state index < -0.39 is 0 Å². The number of nitrogens with zero attached hydrogens (tertiary/aromatic N) is 3. The minimum absolute atomic E-state index is 0. The van der Waals surface area contributed by atoms with Gasteiger partial charge in [0, 0.05) is 65.4 Å². The van der Waals surface area contributed by atoms with Gasteiger partial charge < -0.3 is 13.7 Å². The quantitative estimate of drug-likeness (QED) is 0.237. The van der Waals surface area contributed by atoms with Gasteiger partial charge in [0.15, 0.2) is 0 Å². The number of hydrogen-bond acceptors (Lipinski definition) is 0. The van der Waals surface area contributed by atoms with Crippen molar-refractivity contribution in [1.29, 1.82) is 0 Å². The summed E-state index contributed by atoms with van der Waals surface area (Å²) in [5.41, 5.74) is 5.31. The Morgan fingerprint density at radius 1 is 1.19 bits per heavy atom. The van der Waals surface area contributed by atoms with Gasteiger partial charge in [0.1, 0.15) is 11.7 Å². The molecule has 2 aromatic carbocycles. The second kappa shape index (κ2) is 13.5. The molecule has 0 aliphatic carbocycles. The van der Waals surface area contributed by atoms with Crippen LogP contribution in [0.3, 0.4) is 0 Å². The maximum Gasteiger partial charge on any atom is 0.122 e. The Balaban J connectivity index is 0.00000320. The second-order valence-corrected chi connectivity index (χ2v) is 7.18. The van der Waals surface area contributed by atoms with Crippen LogP contribution in [0.2, 0.25) is 0 Å². The first-order valence-electron chi connectivity index (χ1n) is 9.51. The van der Waals surface area contributed by atoms with Crippen molar-refractivity contribution in [2.75, 3.05) is 0 Å². The van der Waals surface area contributed by atoms with Crippen molar-refractivity contribution < 1.29 is 79.1 Å². The summed E-state index contributed by atoms with van der Waals surface area (Å²) < 4.78 is 5.80. The van der Waals surface area contributed by atoms with Crippen LogP contribution in [0, 0.1) is 44.1 Å². The van der Waals surface area contributed by atoms with Gasteiger partial charge in [0.2, 0.25) is 0 Å². The Bertz CT molecular complexity index is 1040. The third-order valence-corrected chi connectivity index (χ3v) is 5.33. The molecule has 0 saturated heterocycles. The van der Waals surface area contributed by atoms with Crippen molar-refractivity contribution in [3.05, 3.63) is 102 Å². The summed E-state index contributed by atoms with van der Waals surface area (Å²) in [5.74, 6) is 0. The van der Waals surface area contributed by atoms with Gasteiger partial charge in [-0.05, 0) is 19.9 Å². The fourth-order valence-corrected chi connectivity index (χ4v) is 3.39. The molecule has 0 fully saturated rings. The summed E-state index contributed by atoms with van der Waals surface area (Å²) in [5, 5.41) is 0. The topological polar surface area (TPSA) is 9.03 Å². The monoisotopic (exact) mass is 575 g/mol. The summed E-state index contributed by atoms with van der Waals surface area (Å²) in [6, 6.07) is 21.0. The third kappa shape index (κ3) is 6.41. The third-order valence-electron chi connectivity index (χ3n) is 5.33. The van der Waals surface area contributed by atoms with Crippen LogP contribution in [0.1, 0.15) is 32.4 Å². The largest absolute Gasteiger partial charge is 0.472 e. The number of benzene rings is 2. The molecule has 0 N–H and O–H groups in total. The molecule has 3 nitrogen and oxygen atoms in total. The van der Waals surface area contributed by atoms with Gasteiger partial charge in [-0.15, -0.1) is 29.8 Å². The molecule has 2 radical (unpaired) electrons. The number of rotatable bonds is 6. The minimum Gasteiger partial charge on any atom is -0.472 e. The van der Waals surface area contributed by atoms with E-state index in [1.165, 1.54) is 0 Å². The zero-order chi connectivity index (χ0) is 21.1. The molecule has 0 amide bonds. The normalized spacial score (nSPS) is 11.9. The van der Waals surface area contributed by atoms with Crippen molar-refractivity contribution >= 4 is 31.5 Å². The van der Waals surface area contributed by atoms with E-state index in [2.05, 4.69) is 46.1 Å². The molecule has 162 valence electrons. The van der Waals surface area contributed by atoms with Crippen molar-refractivity contribution in [2.24, 2.45) is 0 Å². The Labute approximate surface area is 245 Å². The molecule has 0 bridgehead atoms. The van der Waals surface area contributed by atoms with Crippen molar-refractivity contribution in [3.63, 3.8) is 0 Å². The molecular formula is C27H31N3Y2-2. The van der Waals surface area contributed by atoms with Crippen LogP contribution in [-0.4, -0.2) is 33.9 Å². The Morgan fingerprint density at radius 3 is 2.50 bits per heavy atom. The molecule has 1 aliphatic heterocycles. The average Bonchev–Trinajstić information content (AvgIpc) is 2.72. The first-order chi connectivity index (χ1) is 13.8. The van der Waals surface area contributed by atoms with E-state index >= 15 is 0 Å². The molecule has 0 unspecified atom stereocenters. The van der Waals surface area contributed by atoms with Crippen LogP contribution in [0.4, 0.5) is 11.4 Å². The Morgan fingerprint density at radius 2 is 1.88 bits per heavy atom. The van der Waals surface area contributed by atoms with E-state index in [1.807, 2.05) is 82.2 Å². The van der Waals surface area contributed by atoms with Crippen LogP contribution >= 0.6 is 0 Å². The zero-order valence-corrected chi connectivity index (χ0v) is 24.5. The molecule has 0 atom stereocenters. The molecule has 0 saturated carbocycles. The van der Waals surface area contributed by atoms with Crippen molar-refractivity contribution in [1.82, 2.24) is 0 Å². The molecule has 3 rings (SSSR count). The predicted molar refractivity (Wildman–Crippen MR) is 127 cm³/mol. The maximum atomic E-state index is 4.31. The smallest absolute Gasteiger partial charge is 0.122 e. The summed E-state index contributed by atoms with van der Waals surface area (Å²) in [6.45, 7) is 21.1. The van der Waals surface area contributed by atoms with Crippen molar-refractivity contribution in [3.8, 4) is 0 Å². The van der Waals surface area contributed by atoms with E-state index in [9.17, 15) is 0 Å². The van der Waals surface area contributed by atoms with Crippen LogP contribution in [0.5, 0.6) is 0 Å². The first kappa shape index (κ1) is 30.7. The molecule has 2 aromatic rings. The number of hydrogen-bond donors (Lipinski definition) is 0. The summed E-state index contributed by atoms with van der Waals surface area (Å²) in [6.07, 6.45) is 6.14. The number of aryl methyl sites for hydroxylation is 2. The fourth-order valence-electron chi connectivity index (χ4n) is 3.39. The molecule has 32 heavy (non-hydrogen) atoms. The van der Waals surface area contributed by atoms with E-state index in [0.29, 0.717) is 0 Å². The van der Waals surface area contributed by atoms with E-state index in [0.717, 1.165) is 46.3 Å². The van der Waals surface area contributed by atoms with Crippen LogP contribution in [0.15, 0.2) is 60.3 Å². The molecular weight excluding hydrogens is 544 g/mol. The zero-order valence-electron chi connectivity index (χ0n) is 18.8. The molecule has 1 aliphatic rings. The van der Waals surface area contributed by atoms with E-state index in [1.54, 1.807) is 0 Å². The van der Waals surface area contributed by atoms with Crippen LogP contribution in [0.25, 0.3) is 0 Å². The molecule has 0 aromatic heterocycles. The summed E-state index contributed by atoms with van der Waals surface area (Å²) >= 11 is 0. The second-order valence-electron chi connectivity index (χ2n) is 7.18. The predicted octanol–water partition coefficient (Wildman–Crippen LogP) is 5.73. The van der Waals surface area contributed by atoms with Gasteiger partial charge in [0.05, 0.1) is 30.9 Å². The average molecular weight is 575 g/mol. The summed E-state index contributed by atoms with van der Waals surface area (Å²) in [7, 11) is 0. The Hall–Kier alpha value is -1.25. The van der Waals surface area contributed by atoms with Gasteiger partial charge in [-0.1, -0.05) is 33.6 Å². The molecule has 0 spiro atoms. The number of allylic oxidation sites excluding steroid dienone is 2. The van der Waals surface area contributed by atoms with Crippen LogP contribution in [-0.2, 0) is 65.4 Å². The van der Waals surface area contributed by atoms with Crippen molar-refractivity contribution in [2.45, 2.75) is 35.1 Å². The summed E-state index contributed by atoms with van der Waals surface area (Å²) in [4.78, 5) is 0. The van der Waals surface area contributed by atoms with Gasteiger partial charge in [-0.3, -0.25) is 0 Å². The van der Waals surface area contributed by atoms with Gasteiger partial charge in [-0.25, -0.2) is 6.07 Å². The van der Waals surface area contributed by atoms with Gasteiger partial charge >= 0.3 is 0 Å². The van der Waals surface area contributed by atoms with Gasteiger partial charge in [0.25, 0.3) is 0 Å². The maximum absolute atomic E-state index is 4.31. The standard InChI is InChI=1S/C26H27N3.CH4.2Y/c1-19-13-8-10-15-23(19)27(5)21(3)25-17-12-18-26(29(25)7)22(4)28(6)24-16-11-9-14-20(24)2;;;/h8-9,12-18H,5-7H2,1-4H3;1H4;;/q-2;;;. The minimum atomic E-state index is 0. The first-order valence-corrected chi connectivity index (χ1v) is 9.51. The SMILES string of the molecule is C.C=[N+]1C([C-](C)[N+](=C)c2c[c-]ccc2C)=CC=C[C-]1[C-](C)[N+](=C)[c-]1c[c-][cH+]cc1C.[Y].[Y]. The van der Waals surface area contributed by atoms with E-state index in [4.69, 9.17) is 0 Å². The molecule has 5 heteroatoms. The molecule has 1 heterocycles. The van der Waals surface area contributed by atoms with E-state index in [-0.39, 0.29) is 72.8 Å². The fraction of sp³-hybridized carbons (Fsp3) is 0.185.